The van der Waals surface area contributed by atoms with Crippen molar-refractivity contribution in [3.8, 4) is 10.6 Å². The molecule has 0 aliphatic heterocycles. The molecule has 0 saturated heterocycles. The number of para-hydroxylation sites is 1. The van der Waals surface area contributed by atoms with Crippen molar-refractivity contribution < 1.29 is 4.92 Å². The van der Waals surface area contributed by atoms with Crippen LogP contribution in [0.3, 0.4) is 0 Å². The van der Waals surface area contributed by atoms with E-state index in [2.05, 4.69) is 4.98 Å². The number of aromatic nitrogens is 1. The average molecular weight is 270 g/mol. The minimum Gasteiger partial charge on any atom is -0.258 e. The molecule has 0 saturated carbocycles. The first kappa shape index (κ1) is 11.8. The fourth-order valence-electron chi connectivity index (χ4n) is 1.93. The Morgan fingerprint density at radius 2 is 2.00 bits per heavy atom. The van der Waals surface area contributed by atoms with E-state index in [9.17, 15) is 10.1 Å². The highest BCUT2D eigenvalue weighted by Gasteiger charge is 2.14. The number of nitro groups is 1. The van der Waals surface area contributed by atoms with Crippen molar-refractivity contribution in [3.05, 3.63) is 58.1 Å². The number of hydrogen-bond donors (Lipinski definition) is 0. The Kier molecular flexibility index (Phi) is 2.76. The summed E-state index contributed by atoms with van der Waals surface area (Å²) in [6.07, 6.45) is 0. The molecule has 0 amide bonds. The first-order valence-electron chi connectivity index (χ1n) is 5.76. The van der Waals surface area contributed by atoms with E-state index in [1.807, 2.05) is 30.3 Å². The quantitative estimate of drug-likeness (QED) is 0.518. The van der Waals surface area contributed by atoms with Gasteiger partial charge in [-0.3, -0.25) is 10.1 Å². The molecule has 0 N–H and O–H groups in total. The van der Waals surface area contributed by atoms with Crippen LogP contribution in [-0.2, 0) is 0 Å². The molecule has 0 radical (unpaired) electrons. The van der Waals surface area contributed by atoms with E-state index in [0.717, 1.165) is 20.8 Å². The molecule has 0 fully saturated rings. The fourth-order valence-corrected chi connectivity index (χ4v) is 2.90. The van der Waals surface area contributed by atoms with Crippen molar-refractivity contribution in [1.82, 2.24) is 4.98 Å². The molecular formula is C14H10N2O2S. The molecule has 5 heteroatoms. The summed E-state index contributed by atoms with van der Waals surface area (Å²) >= 11 is 1.54. The van der Waals surface area contributed by atoms with Crippen LogP contribution in [0.15, 0.2) is 42.5 Å². The van der Waals surface area contributed by atoms with Crippen LogP contribution in [0.1, 0.15) is 5.56 Å². The predicted octanol–water partition coefficient (Wildman–Crippen LogP) is 4.18. The summed E-state index contributed by atoms with van der Waals surface area (Å²) in [5.74, 6) is 0. The van der Waals surface area contributed by atoms with Gasteiger partial charge in [0, 0.05) is 17.2 Å². The van der Waals surface area contributed by atoms with Gasteiger partial charge in [0.25, 0.3) is 5.69 Å². The van der Waals surface area contributed by atoms with E-state index in [4.69, 9.17) is 0 Å². The van der Waals surface area contributed by atoms with Crippen LogP contribution in [0.4, 0.5) is 5.69 Å². The molecule has 1 aromatic heterocycles. The zero-order valence-electron chi connectivity index (χ0n) is 10.2. The van der Waals surface area contributed by atoms with Gasteiger partial charge in [0.15, 0.2) is 0 Å². The second kappa shape index (κ2) is 4.44. The van der Waals surface area contributed by atoms with Gasteiger partial charge >= 0.3 is 0 Å². The van der Waals surface area contributed by atoms with E-state index < -0.39 is 0 Å². The molecule has 0 atom stereocenters. The lowest BCUT2D eigenvalue weighted by Gasteiger charge is -1.99. The molecule has 0 aliphatic carbocycles. The number of fused-ring (bicyclic) bond motifs is 1. The Bertz CT molecular complexity index is 747. The third kappa shape index (κ3) is 2.08. The molecule has 3 rings (SSSR count). The number of hydrogen-bond acceptors (Lipinski definition) is 4. The molecule has 3 aromatic rings. The van der Waals surface area contributed by atoms with Crippen LogP contribution in [0, 0.1) is 17.0 Å². The largest absolute Gasteiger partial charge is 0.273 e. The number of benzene rings is 2. The first-order valence-corrected chi connectivity index (χ1v) is 6.58. The molecule has 0 bridgehead atoms. The Balaban J connectivity index is 2.16. The number of rotatable bonds is 2. The van der Waals surface area contributed by atoms with Gasteiger partial charge in [0.05, 0.1) is 15.1 Å². The van der Waals surface area contributed by atoms with Gasteiger partial charge in [0.2, 0.25) is 0 Å². The number of nitrogens with zero attached hydrogens (tertiary/aromatic N) is 2. The zero-order valence-corrected chi connectivity index (χ0v) is 11.0. The van der Waals surface area contributed by atoms with Crippen molar-refractivity contribution in [3.63, 3.8) is 0 Å². The Morgan fingerprint density at radius 1 is 1.21 bits per heavy atom. The molecule has 0 aliphatic rings. The smallest absolute Gasteiger partial charge is 0.258 e. The highest BCUT2D eigenvalue weighted by molar-refractivity contribution is 7.21. The Hall–Kier alpha value is -2.27. The lowest BCUT2D eigenvalue weighted by molar-refractivity contribution is -0.385. The summed E-state index contributed by atoms with van der Waals surface area (Å²) < 4.78 is 1.08. The molecule has 4 nitrogen and oxygen atoms in total. The van der Waals surface area contributed by atoms with Crippen molar-refractivity contribution in [2.45, 2.75) is 6.92 Å². The molecule has 0 unspecified atom stereocenters. The minimum atomic E-state index is -0.355. The molecule has 2 aromatic carbocycles. The number of aryl methyl sites for hydroxylation is 1. The van der Waals surface area contributed by atoms with Gasteiger partial charge in [-0.1, -0.05) is 24.3 Å². The second-order valence-electron chi connectivity index (χ2n) is 4.25. The lowest BCUT2D eigenvalue weighted by atomic mass is 10.1. The zero-order chi connectivity index (χ0) is 13.4. The van der Waals surface area contributed by atoms with Crippen molar-refractivity contribution in [1.29, 1.82) is 0 Å². The normalized spacial score (nSPS) is 10.8. The van der Waals surface area contributed by atoms with Crippen molar-refractivity contribution in [2.75, 3.05) is 0 Å². The van der Waals surface area contributed by atoms with Crippen LogP contribution in [0.25, 0.3) is 20.8 Å². The standard InChI is InChI=1S/C14H10N2O2S/c1-9-6-7-10(8-12(9)16(17)18)14-15-11-4-2-3-5-13(11)19-14/h2-8H,1H3. The summed E-state index contributed by atoms with van der Waals surface area (Å²) in [7, 11) is 0. The maximum absolute atomic E-state index is 11.0. The van der Waals surface area contributed by atoms with Gasteiger partial charge in [-0.25, -0.2) is 4.98 Å². The van der Waals surface area contributed by atoms with Crippen molar-refractivity contribution in [2.24, 2.45) is 0 Å². The second-order valence-corrected chi connectivity index (χ2v) is 5.28. The summed E-state index contributed by atoms with van der Waals surface area (Å²) in [4.78, 5) is 15.1. The van der Waals surface area contributed by atoms with Crippen molar-refractivity contribution >= 4 is 27.2 Å². The third-order valence-corrected chi connectivity index (χ3v) is 4.03. The first-order chi connectivity index (χ1) is 9.15. The van der Waals surface area contributed by atoms with Crippen LogP contribution >= 0.6 is 11.3 Å². The van der Waals surface area contributed by atoms with E-state index in [0.29, 0.717) is 5.56 Å². The molecule has 1 heterocycles. The third-order valence-electron chi connectivity index (χ3n) is 2.95. The van der Waals surface area contributed by atoms with E-state index in [1.165, 1.54) is 0 Å². The van der Waals surface area contributed by atoms with Gasteiger partial charge in [-0.05, 0) is 19.1 Å². The Morgan fingerprint density at radius 3 is 2.74 bits per heavy atom. The molecular weight excluding hydrogens is 260 g/mol. The van der Waals surface area contributed by atoms with Gasteiger partial charge in [-0.15, -0.1) is 11.3 Å². The summed E-state index contributed by atoms with van der Waals surface area (Å²) in [5.41, 5.74) is 2.51. The summed E-state index contributed by atoms with van der Waals surface area (Å²) in [6.45, 7) is 1.74. The molecule has 0 spiro atoms. The van der Waals surface area contributed by atoms with E-state index >= 15 is 0 Å². The molecule has 94 valence electrons. The van der Waals surface area contributed by atoms with E-state index in [-0.39, 0.29) is 10.6 Å². The molecule has 19 heavy (non-hydrogen) atoms. The lowest BCUT2D eigenvalue weighted by Crippen LogP contribution is -1.91. The van der Waals surface area contributed by atoms with Gasteiger partial charge in [0.1, 0.15) is 5.01 Å². The van der Waals surface area contributed by atoms with Gasteiger partial charge in [-0.2, -0.15) is 0 Å². The predicted molar refractivity (Wildman–Crippen MR) is 76.4 cm³/mol. The highest BCUT2D eigenvalue weighted by Crippen LogP contribution is 2.32. The summed E-state index contributed by atoms with van der Waals surface area (Å²) in [6, 6.07) is 13.1. The van der Waals surface area contributed by atoms with Crippen LogP contribution in [0.5, 0.6) is 0 Å². The number of thiazole rings is 1. The summed E-state index contributed by atoms with van der Waals surface area (Å²) in [5, 5.41) is 11.8. The van der Waals surface area contributed by atoms with Crippen LogP contribution in [-0.4, -0.2) is 9.91 Å². The van der Waals surface area contributed by atoms with Gasteiger partial charge < -0.3 is 0 Å². The van der Waals surface area contributed by atoms with E-state index in [1.54, 1.807) is 30.4 Å². The minimum absolute atomic E-state index is 0.136. The maximum atomic E-state index is 11.0. The van der Waals surface area contributed by atoms with Crippen LogP contribution < -0.4 is 0 Å². The topological polar surface area (TPSA) is 56.0 Å². The average Bonchev–Trinajstić information content (AvgIpc) is 2.82. The van der Waals surface area contributed by atoms with Crippen LogP contribution in [0.2, 0.25) is 0 Å². The Labute approximate surface area is 113 Å². The highest BCUT2D eigenvalue weighted by atomic mass is 32.1. The monoisotopic (exact) mass is 270 g/mol. The maximum Gasteiger partial charge on any atom is 0.273 e. The SMILES string of the molecule is Cc1ccc(-c2nc3ccccc3s2)cc1[N+](=O)[O-]. The fraction of sp³-hybridized carbons (Fsp3) is 0.0714. The number of nitro benzene ring substituents is 1.